The van der Waals surface area contributed by atoms with Gasteiger partial charge in [0.2, 0.25) is 5.82 Å². The Labute approximate surface area is 225 Å². The molecule has 0 atom stereocenters. The molecule has 5 rings (SSSR count). The fourth-order valence-corrected chi connectivity index (χ4v) is 4.58. The number of tetrazole rings is 1. The van der Waals surface area contributed by atoms with E-state index in [-0.39, 0.29) is 5.56 Å². The van der Waals surface area contributed by atoms with E-state index in [9.17, 15) is 10.0 Å². The molecule has 3 aromatic heterocycles. The third kappa shape index (κ3) is 5.40. The van der Waals surface area contributed by atoms with Gasteiger partial charge in [0, 0.05) is 31.6 Å². The minimum absolute atomic E-state index is 0.189. The fourth-order valence-electron chi connectivity index (χ4n) is 4.58. The molecule has 5 aromatic rings. The zero-order chi connectivity index (χ0) is 27.4. The van der Waals surface area contributed by atoms with Crippen LogP contribution >= 0.6 is 0 Å². The minimum atomic E-state index is -0.563. The third-order valence-electron chi connectivity index (χ3n) is 6.72. The first-order valence-electron chi connectivity index (χ1n) is 12.8. The predicted molar refractivity (Wildman–Crippen MR) is 145 cm³/mol. The van der Waals surface area contributed by atoms with Crippen molar-refractivity contribution in [2.24, 2.45) is 0 Å². The van der Waals surface area contributed by atoms with Crippen LogP contribution in [0.2, 0.25) is 0 Å². The number of aromatic nitrogens is 7. The molecule has 0 saturated carbocycles. The lowest BCUT2D eigenvalue weighted by atomic mass is 9.98. The molecular weight excluding hydrogens is 494 g/mol. The van der Waals surface area contributed by atoms with E-state index in [0.29, 0.717) is 34.1 Å². The molecular formula is C29H29N7O3. The van der Waals surface area contributed by atoms with Gasteiger partial charge >= 0.3 is 5.97 Å². The summed E-state index contributed by atoms with van der Waals surface area (Å²) in [7, 11) is 1.30. The molecule has 10 heteroatoms. The number of aromatic amines is 1. The van der Waals surface area contributed by atoms with Crippen LogP contribution < -0.4 is 4.73 Å². The van der Waals surface area contributed by atoms with Gasteiger partial charge < -0.3 is 14.5 Å². The summed E-state index contributed by atoms with van der Waals surface area (Å²) in [6.07, 6.45) is 6.02. The number of H-pyrrole nitrogens is 1. The van der Waals surface area contributed by atoms with Crippen molar-refractivity contribution in [1.29, 1.82) is 0 Å². The smallest absolute Gasteiger partial charge is 0.344 e. The Morgan fingerprint density at radius 3 is 2.56 bits per heavy atom. The monoisotopic (exact) mass is 523 g/mol. The molecule has 0 fully saturated rings. The van der Waals surface area contributed by atoms with Crippen molar-refractivity contribution in [2.45, 2.75) is 39.7 Å². The van der Waals surface area contributed by atoms with E-state index in [0.717, 1.165) is 47.3 Å². The van der Waals surface area contributed by atoms with E-state index in [1.54, 1.807) is 13.0 Å². The average molecular weight is 524 g/mol. The van der Waals surface area contributed by atoms with Crippen LogP contribution in [-0.4, -0.2) is 43.3 Å². The number of methoxy groups -OCH3 is 1. The molecule has 0 saturated heterocycles. The fraction of sp³-hybridized carbons (Fsp3) is 0.241. The number of unbranched alkanes of at least 4 members (excludes halogenated alkanes) is 1. The molecule has 0 spiro atoms. The molecule has 0 aliphatic rings. The Kier molecular flexibility index (Phi) is 7.44. The summed E-state index contributed by atoms with van der Waals surface area (Å²) in [5, 5.41) is 27.0. The first kappa shape index (κ1) is 25.8. The zero-order valence-electron chi connectivity index (χ0n) is 22.1. The number of carbonyl (C=O) groups excluding carboxylic acids is 1. The number of pyridine rings is 1. The van der Waals surface area contributed by atoms with Gasteiger partial charge in [-0.25, -0.2) is 9.78 Å². The molecule has 39 heavy (non-hydrogen) atoms. The van der Waals surface area contributed by atoms with Gasteiger partial charge in [-0.1, -0.05) is 61.9 Å². The molecule has 3 heterocycles. The zero-order valence-corrected chi connectivity index (χ0v) is 22.1. The van der Waals surface area contributed by atoms with E-state index in [1.165, 1.54) is 13.3 Å². The van der Waals surface area contributed by atoms with Crippen LogP contribution in [0.15, 0.2) is 67.0 Å². The van der Waals surface area contributed by atoms with Crippen LogP contribution in [0.25, 0.3) is 33.8 Å². The quantitative estimate of drug-likeness (QED) is 0.171. The van der Waals surface area contributed by atoms with Gasteiger partial charge in [0.25, 0.3) is 0 Å². The Bertz CT molecular complexity index is 1590. The molecule has 1 N–H and O–H groups in total. The molecule has 0 aliphatic heterocycles. The lowest BCUT2D eigenvalue weighted by molar-refractivity contribution is -0.611. The summed E-state index contributed by atoms with van der Waals surface area (Å²) in [6, 6.07) is 18.0. The highest BCUT2D eigenvalue weighted by Gasteiger charge is 2.20. The summed E-state index contributed by atoms with van der Waals surface area (Å²) in [4.78, 5) is 17.0. The van der Waals surface area contributed by atoms with E-state index < -0.39 is 5.97 Å². The molecule has 0 aliphatic carbocycles. The molecule has 198 valence electrons. The number of hydrogen-bond acceptors (Lipinski definition) is 7. The maximum Gasteiger partial charge on any atom is 0.344 e. The topological polar surface area (TPSA) is 126 Å². The SMILES string of the molecule is CCCCc1nc(-c2cc(C(=O)OC)c[n+]([O-])c2C)cn1Cc1ccc(-c2ccccc2-c2nn[nH]n2)cc1. The average Bonchev–Trinajstić information content (AvgIpc) is 3.64. The van der Waals surface area contributed by atoms with Gasteiger partial charge in [-0.3, -0.25) is 0 Å². The highest BCUT2D eigenvalue weighted by molar-refractivity contribution is 5.90. The van der Waals surface area contributed by atoms with Crippen molar-refractivity contribution in [3.8, 4) is 33.8 Å². The van der Waals surface area contributed by atoms with E-state index >= 15 is 0 Å². The van der Waals surface area contributed by atoms with Crippen molar-refractivity contribution in [1.82, 2.24) is 30.2 Å². The Hall–Kier alpha value is -4.86. The lowest BCUT2D eigenvalue weighted by Gasteiger charge is -2.10. The number of hydrogen-bond donors (Lipinski definition) is 1. The highest BCUT2D eigenvalue weighted by Crippen LogP contribution is 2.30. The molecule has 0 unspecified atom stereocenters. The maximum atomic E-state index is 12.5. The van der Waals surface area contributed by atoms with E-state index in [1.807, 2.05) is 30.5 Å². The van der Waals surface area contributed by atoms with Crippen LogP contribution in [0.5, 0.6) is 0 Å². The number of benzene rings is 2. The van der Waals surface area contributed by atoms with Crippen molar-refractivity contribution < 1.29 is 14.3 Å². The number of nitrogens with one attached hydrogen (secondary N) is 1. The second-order valence-corrected chi connectivity index (χ2v) is 9.30. The minimum Gasteiger partial charge on any atom is -0.618 e. The number of carbonyl (C=O) groups is 1. The summed E-state index contributed by atoms with van der Waals surface area (Å²) in [5.41, 5.74) is 6.00. The largest absolute Gasteiger partial charge is 0.618 e. The van der Waals surface area contributed by atoms with Gasteiger partial charge in [0.1, 0.15) is 11.4 Å². The van der Waals surface area contributed by atoms with Crippen molar-refractivity contribution in [3.05, 3.63) is 94.8 Å². The number of rotatable bonds is 9. The van der Waals surface area contributed by atoms with Gasteiger partial charge in [-0.15, -0.1) is 10.2 Å². The second kappa shape index (κ2) is 11.3. The lowest BCUT2D eigenvalue weighted by Crippen LogP contribution is -2.31. The van der Waals surface area contributed by atoms with Crippen LogP contribution in [0.4, 0.5) is 0 Å². The van der Waals surface area contributed by atoms with Gasteiger partial charge in [-0.2, -0.15) is 9.94 Å². The highest BCUT2D eigenvalue weighted by atomic mass is 16.5. The summed E-state index contributed by atoms with van der Waals surface area (Å²) < 4.78 is 7.63. The standard InChI is InChI=1S/C29H29N7O3/c1-4-5-10-27-30-26(25-15-22(29(37)39-3)17-36(38)19(25)2)18-35(27)16-20-11-13-21(14-12-20)23-8-6-7-9-24(23)28-31-33-34-32-28/h6-9,11-15,17-18H,4-5,10,16H2,1-3H3,(H,31,32,33,34). The van der Waals surface area contributed by atoms with Crippen molar-refractivity contribution in [3.63, 3.8) is 0 Å². The van der Waals surface area contributed by atoms with E-state index in [4.69, 9.17) is 9.72 Å². The van der Waals surface area contributed by atoms with Gasteiger partial charge in [-0.05, 0) is 34.4 Å². The first-order valence-corrected chi connectivity index (χ1v) is 12.8. The number of imidazole rings is 1. The van der Waals surface area contributed by atoms with Crippen LogP contribution in [0.1, 0.15) is 47.2 Å². The van der Waals surface area contributed by atoms with Crippen LogP contribution in [-0.2, 0) is 17.7 Å². The molecule has 10 nitrogen and oxygen atoms in total. The first-order chi connectivity index (χ1) is 19.0. The Morgan fingerprint density at radius 1 is 1.10 bits per heavy atom. The normalized spacial score (nSPS) is 11.1. The van der Waals surface area contributed by atoms with Gasteiger partial charge in [0.15, 0.2) is 11.9 Å². The molecule has 2 aromatic carbocycles. The number of nitrogens with zero attached hydrogens (tertiary/aromatic N) is 6. The van der Waals surface area contributed by atoms with Crippen molar-refractivity contribution in [2.75, 3.05) is 7.11 Å². The molecule has 0 amide bonds. The Morgan fingerprint density at radius 2 is 1.87 bits per heavy atom. The third-order valence-corrected chi connectivity index (χ3v) is 6.72. The molecule has 0 bridgehead atoms. The number of esters is 1. The van der Waals surface area contributed by atoms with Crippen LogP contribution in [0, 0.1) is 12.1 Å². The predicted octanol–water partition coefficient (Wildman–Crippen LogP) is 4.52. The number of aryl methyl sites for hydroxylation is 1. The van der Waals surface area contributed by atoms with E-state index in [2.05, 4.69) is 56.4 Å². The van der Waals surface area contributed by atoms with Crippen molar-refractivity contribution >= 4 is 5.97 Å². The second-order valence-electron chi connectivity index (χ2n) is 9.30. The summed E-state index contributed by atoms with van der Waals surface area (Å²) in [5.74, 6) is 0.915. The summed E-state index contributed by atoms with van der Waals surface area (Å²) >= 11 is 0. The maximum absolute atomic E-state index is 12.5. The van der Waals surface area contributed by atoms with Gasteiger partial charge in [0.05, 0.1) is 18.4 Å². The Balaban J connectivity index is 1.46. The summed E-state index contributed by atoms with van der Waals surface area (Å²) in [6.45, 7) is 4.48. The molecule has 0 radical (unpaired) electrons. The number of ether oxygens (including phenoxy) is 1. The van der Waals surface area contributed by atoms with Crippen LogP contribution in [0.3, 0.4) is 0 Å².